The molecule has 0 fully saturated rings. The minimum Gasteiger partial charge on any atom is -0.465 e. The van der Waals surface area contributed by atoms with Gasteiger partial charge in [0.25, 0.3) is 5.91 Å². The second-order valence-corrected chi connectivity index (χ2v) is 6.15. The summed E-state index contributed by atoms with van der Waals surface area (Å²) in [5.74, 6) is -0.638. The van der Waals surface area contributed by atoms with E-state index in [1.165, 1.54) is 29.8 Å². The van der Waals surface area contributed by atoms with Gasteiger partial charge in [-0.05, 0) is 36.9 Å². The number of ether oxygens (including phenoxy) is 1. The molecule has 0 radical (unpaired) electrons. The van der Waals surface area contributed by atoms with Gasteiger partial charge in [0.15, 0.2) is 0 Å². The van der Waals surface area contributed by atoms with Crippen molar-refractivity contribution < 1.29 is 14.3 Å². The average molecular weight is 295 g/mol. The molecule has 1 N–H and O–H groups in total. The van der Waals surface area contributed by atoms with E-state index in [1.54, 1.807) is 6.07 Å². The number of carbonyl (C=O) groups is 2. The number of esters is 1. The van der Waals surface area contributed by atoms with Crippen LogP contribution in [0.2, 0.25) is 0 Å². The van der Waals surface area contributed by atoms with E-state index in [9.17, 15) is 9.59 Å². The summed E-state index contributed by atoms with van der Waals surface area (Å²) in [5.41, 5.74) is 1.39. The van der Waals surface area contributed by atoms with Gasteiger partial charge < -0.3 is 10.1 Å². The van der Waals surface area contributed by atoms with E-state index < -0.39 is 5.97 Å². The summed E-state index contributed by atoms with van der Waals surface area (Å²) in [6.45, 7) is 3.79. The first-order valence-corrected chi connectivity index (χ1v) is 7.26. The average Bonchev–Trinajstić information content (AvgIpc) is 2.96. The van der Waals surface area contributed by atoms with Crippen molar-refractivity contribution in [1.29, 1.82) is 0 Å². The number of aryl methyl sites for hydroxylation is 2. The van der Waals surface area contributed by atoms with Crippen LogP contribution in [0.1, 0.15) is 29.8 Å². The molecule has 2 aromatic heterocycles. The molecule has 4 nitrogen and oxygen atoms in total. The van der Waals surface area contributed by atoms with Crippen LogP contribution >= 0.6 is 22.7 Å². The normalized spacial score (nSPS) is 10.3. The van der Waals surface area contributed by atoms with Crippen molar-refractivity contribution in [2.75, 3.05) is 12.4 Å². The molecule has 0 unspecified atom stereocenters. The second-order valence-electron chi connectivity index (χ2n) is 3.98. The summed E-state index contributed by atoms with van der Waals surface area (Å²) in [6, 6.07) is 3.66. The predicted molar refractivity (Wildman–Crippen MR) is 77.4 cm³/mol. The van der Waals surface area contributed by atoms with Crippen LogP contribution < -0.4 is 5.32 Å². The van der Waals surface area contributed by atoms with Crippen LogP contribution in [-0.2, 0) is 4.74 Å². The lowest BCUT2D eigenvalue weighted by molar-refractivity contribution is 0.0607. The van der Waals surface area contributed by atoms with Gasteiger partial charge in [-0.15, -0.1) is 22.7 Å². The van der Waals surface area contributed by atoms with Crippen molar-refractivity contribution >= 4 is 40.2 Å². The first-order valence-electron chi connectivity index (χ1n) is 5.57. The minimum atomic E-state index is -0.434. The Morgan fingerprint density at radius 3 is 2.58 bits per heavy atom. The molecule has 2 rings (SSSR count). The molecular weight excluding hydrogens is 282 g/mol. The molecule has 1 amide bonds. The third-order valence-electron chi connectivity index (χ3n) is 2.55. The highest BCUT2D eigenvalue weighted by Gasteiger charge is 2.19. The van der Waals surface area contributed by atoms with E-state index in [2.05, 4.69) is 5.32 Å². The molecule has 0 bridgehead atoms. The molecule has 0 aliphatic carbocycles. The Kier molecular flexibility index (Phi) is 4.01. The van der Waals surface area contributed by atoms with Crippen molar-refractivity contribution in [3.63, 3.8) is 0 Å². The van der Waals surface area contributed by atoms with E-state index in [0.717, 1.165) is 10.4 Å². The first kappa shape index (κ1) is 13.8. The van der Waals surface area contributed by atoms with Crippen LogP contribution in [0.5, 0.6) is 0 Å². The lowest BCUT2D eigenvalue weighted by Gasteiger charge is -2.05. The largest absolute Gasteiger partial charge is 0.465 e. The summed E-state index contributed by atoms with van der Waals surface area (Å²) in [7, 11) is 1.33. The predicted octanol–water partition coefficient (Wildman–Crippen LogP) is 3.47. The van der Waals surface area contributed by atoms with E-state index in [4.69, 9.17) is 4.74 Å². The van der Waals surface area contributed by atoms with Crippen LogP contribution in [0.4, 0.5) is 5.69 Å². The highest BCUT2D eigenvalue weighted by atomic mass is 32.1. The lowest BCUT2D eigenvalue weighted by atomic mass is 10.2. The third-order valence-corrected chi connectivity index (χ3v) is 4.63. The standard InChI is InChI=1S/C13H13NO3S2/c1-7-6-18-11(13(16)17-3)10(7)14-12(15)9-5-4-8(2)19-9/h4-6H,1-3H3,(H,14,15). The van der Waals surface area contributed by atoms with Crippen LogP contribution in [0.15, 0.2) is 17.5 Å². The van der Waals surface area contributed by atoms with Crippen molar-refractivity contribution in [2.24, 2.45) is 0 Å². The Balaban J connectivity index is 2.26. The van der Waals surface area contributed by atoms with Crippen LogP contribution in [0.25, 0.3) is 0 Å². The molecule has 0 spiro atoms. The summed E-state index contributed by atoms with van der Waals surface area (Å²) in [5, 5.41) is 4.61. The van der Waals surface area contributed by atoms with Gasteiger partial charge in [0.2, 0.25) is 0 Å². The number of hydrogen-bond donors (Lipinski definition) is 1. The van der Waals surface area contributed by atoms with E-state index in [-0.39, 0.29) is 5.91 Å². The molecule has 2 heterocycles. The van der Waals surface area contributed by atoms with Crippen molar-refractivity contribution in [2.45, 2.75) is 13.8 Å². The first-order chi connectivity index (χ1) is 9.02. The summed E-state index contributed by atoms with van der Waals surface area (Å²) < 4.78 is 4.70. The Labute approximate surface area is 119 Å². The quantitative estimate of drug-likeness (QED) is 0.882. The Morgan fingerprint density at radius 1 is 1.26 bits per heavy atom. The summed E-state index contributed by atoms with van der Waals surface area (Å²) >= 11 is 2.68. The van der Waals surface area contributed by atoms with Crippen molar-refractivity contribution in [3.05, 3.63) is 37.7 Å². The van der Waals surface area contributed by atoms with Gasteiger partial charge in [0.1, 0.15) is 4.88 Å². The monoisotopic (exact) mass is 295 g/mol. The highest BCUT2D eigenvalue weighted by Crippen LogP contribution is 2.29. The maximum absolute atomic E-state index is 12.1. The van der Waals surface area contributed by atoms with Gasteiger partial charge >= 0.3 is 5.97 Å². The Bertz CT molecular complexity index is 628. The molecule has 6 heteroatoms. The van der Waals surface area contributed by atoms with Gasteiger partial charge in [0, 0.05) is 4.88 Å². The number of anilines is 1. The second kappa shape index (κ2) is 5.54. The lowest BCUT2D eigenvalue weighted by Crippen LogP contribution is -2.13. The maximum atomic E-state index is 12.1. The highest BCUT2D eigenvalue weighted by molar-refractivity contribution is 7.14. The minimum absolute atomic E-state index is 0.204. The number of methoxy groups -OCH3 is 1. The van der Waals surface area contributed by atoms with E-state index >= 15 is 0 Å². The smallest absolute Gasteiger partial charge is 0.350 e. The van der Waals surface area contributed by atoms with Gasteiger partial charge in [-0.1, -0.05) is 0 Å². The molecule has 0 aromatic carbocycles. The number of thiophene rings is 2. The number of hydrogen-bond acceptors (Lipinski definition) is 5. The SMILES string of the molecule is COC(=O)c1scc(C)c1NC(=O)c1ccc(C)s1. The number of nitrogens with one attached hydrogen (secondary N) is 1. The molecule has 100 valence electrons. The third kappa shape index (κ3) is 2.85. The van der Waals surface area contributed by atoms with Gasteiger partial charge in [-0.25, -0.2) is 4.79 Å². The fourth-order valence-corrected chi connectivity index (χ4v) is 3.26. The Hall–Kier alpha value is -1.66. The Morgan fingerprint density at radius 2 is 2.00 bits per heavy atom. The fourth-order valence-electron chi connectivity index (χ4n) is 1.57. The van der Waals surface area contributed by atoms with Gasteiger partial charge in [0.05, 0.1) is 17.7 Å². The topological polar surface area (TPSA) is 55.4 Å². The number of carbonyl (C=O) groups excluding carboxylic acids is 2. The molecule has 2 aromatic rings. The van der Waals surface area contributed by atoms with E-state index in [1.807, 2.05) is 25.3 Å². The molecule has 0 aliphatic rings. The molecule has 19 heavy (non-hydrogen) atoms. The molecule has 0 saturated carbocycles. The number of amides is 1. The fraction of sp³-hybridized carbons (Fsp3) is 0.231. The zero-order chi connectivity index (χ0) is 14.0. The number of rotatable bonds is 3. The van der Waals surface area contributed by atoms with Crippen molar-refractivity contribution in [3.8, 4) is 0 Å². The maximum Gasteiger partial charge on any atom is 0.350 e. The van der Waals surface area contributed by atoms with Crippen LogP contribution in [0, 0.1) is 13.8 Å². The van der Waals surface area contributed by atoms with E-state index in [0.29, 0.717) is 15.4 Å². The molecule has 0 aliphatic heterocycles. The van der Waals surface area contributed by atoms with Crippen molar-refractivity contribution in [1.82, 2.24) is 0 Å². The van der Waals surface area contributed by atoms with Crippen LogP contribution in [0.3, 0.4) is 0 Å². The summed E-state index contributed by atoms with van der Waals surface area (Å²) in [4.78, 5) is 25.8. The zero-order valence-corrected chi connectivity index (χ0v) is 12.4. The van der Waals surface area contributed by atoms with Gasteiger partial charge in [-0.3, -0.25) is 4.79 Å². The van der Waals surface area contributed by atoms with Crippen LogP contribution in [-0.4, -0.2) is 19.0 Å². The summed E-state index contributed by atoms with van der Waals surface area (Å²) in [6.07, 6.45) is 0. The molecule has 0 saturated heterocycles. The van der Waals surface area contributed by atoms with Gasteiger partial charge in [-0.2, -0.15) is 0 Å². The zero-order valence-electron chi connectivity index (χ0n) is 10.8. The molecule has 0 atom stereocenters. The molecular formula is C13H13NO3S2.